The molecule has 110 valence electrons. The van der Waals surface area contributed by atoms with E-state index in [0.717, 1.165) is 4.68 Å². The molecule has 0 saturated carbocycles. The first kappa shape index (κ1) is 17.7. The van der Waals surface area contributed by atoms with Gasteiger partial charge in [0.1, 0.15) is 24.6 Å². The molecule has 2 rings (SSSR count). The lowest BCUT2D eigenvalue weighted by Crippen LogP contribution is -2.33. The van der Waals surface area contributed by atoms with Crippen LogP contribution in [0.1, 0.15) is 19.5 Å². The van der Waals surface area contributed by atoms with E-state index < -0.39 is 31.1 Å². The number of nitrogens with one attached hydrogen (secondary N) is 1. The number of halogens is 1. The molecule has 0 radical (unpaired) electrons. The van der Waals surface area contributed by atoms with Crippen molar-refractivity contribution in [3.8, 4) is 0 Å². The van der Waals surface area contributed by atoms with E-state index >= 15 is 0 Å². The molecule has 6 N–H and O–H groups in total. The number of nitrogens with two attached hydrogens (primary N) is 1. The van der Waals surface area contributed by atoms with Crippen molar-refractivity contribution < 1.29 is 20.1 Å². The Hall–Kier alpha value is -1.26. The zero-order valence-corrected chi connectivity index (χ0v) is 9.99. The Morgan fingerprint density at radius 3 is 2.53 bits per heavy atom. The summed E-state index contributed by atoms with van der Waals surface area (Å²) in [5.41, 5.74) is 5.19. The highest BCUT2D eigenvalue weighted by Crippen LogP contribution is 2.28. The van der Waals surface area contributed by atoms with Crippen LogP contribution in [0.15, 0.2) is 6.33 Å². The third-order valence-corrected chi connectivity index (χ3v) is 2.53. The zero-order chi connectivity index (χ0) is 12.6. The molecule has 1 saturated heterocycles. The summed E-state index contributed by atoms with van der Waals surface area (Å²) in [6.07, 6.45) is -3.02. The highest BCUT2D eigenvalue weighted by molar-refractivity contribution is 5.90. The van der Waals surface area contributed by atoms with Gasteiger partial charge in [-0.05, 0) is 0 Å². The van der Waals surface area contributed by atoms with Crippen molar-refractivity contribution in [2.24, 2.45) is 5.73 Å². The largest absolute Gasteiger partial charge is 0.394 e. The lowest BCUT2D eigenvalue weighted by Gasteiger charge is -2.13. The smallest absolute Gasteiger partial charge is 0.215 e. The van der Waals surface area contributed by atoms with Gasteiger partial charge in [-0.2, -0.15) is 0 Å². The van der Waals surface area contributed by atoms with Gasteiger partial charge >= 0.3 is 0 Å². The van der Waals surface area contributed by atoms with Crippen LogP contribution in [-0.2, 0) is 4.74 Å². The predicted octanol–water partition coefficient (Wildman–Crippen LogP) is -1.77. The minimum atomic E-state index is -1.23. The van der Waals surface area contributed by atoms with Gasteiger partial charge in [-0.1, -0.05) is 7.43 Å². The van der Waals surface area contributed by atoms with Crippen molar-refractivity contribution in [2.45, 2.75) is 32.0 Å². The minimum Gasteiger partial charge on any atom is -0.394 e. The molecule has 1 aromatic rings. The Bertz CT molecular complexity index is 428. The fourth-order valence-electron chi connectivity index (χ4n) is 1.62. The molecule has 0 amide bonds. The maximum absolute atomic E-state index is 9.70. The summed E-state index contributed by atoms with van der Waals surface area (Å²) in [6, 6.07) is 0. The first-order chi connectivity index (χ1) is 8.04. The van der Waals surface area contributed by atoms with Gasteiger partial charge < -0.3 is 25.8 Å². The second kappa shape index (κ2) is 6.78. The fraction of sp³-hybridized carbons (Fsp3) is 0.667. The van der Waals surface area contributed by atoms with Gasteiger partial charge in [0.25, 0.3) is 0 Å². The van der Waals surface area contributed by atoms with Crippen molar-refractivity contribution in [3.05, 3.63) is 12.2 Å². The highest BCUT2D eigenvalue weighted by Gasteiger charge is 2.43. The number of aliphatic hydroxyl groups excluding tert-OH is 3. The van der Waals surface area contributed by atoms with Crippen molar-refractivity contribution in [2.75, 3.05) is 6.61 Å². The first-order valence-corrected chi connectivity index (χ1v) is 4.92. The number of nitrogens with zero attached hydrogens (tertiary/aromatic N) is 3. The van der Waals surface area contributed by atoms with E-state index in [-0.39, 0.29) is 31.5 Å². The van der Waals surface area contributed by atoms with Crippen LogP contribution < -0.4 is 5.73 Å². The van der Waals surface area contributed by atoms with Crippen molar-refractivity contribution in [1.82, 2.24) is 14.8 Å². The fourth-order valence-corrected chi connectivity index (χ4v) is 1.62. The van der Waals surface area contributed by atoms with Crippen LogP contribution in [0.25, 0.3) is 0 Å². The SMILES string of the molecule is C.Cl.N=C(N)c1ncn([C@@H]2O[C@H](CO)[C@H](O)C2O)n1. The van der Waals surface area contributed by atoms with Crippen LogP contribution in [0.5, 0.6) is 0 Å². The Morgan fingerprint density at radius 2 is 2.11 bits per heavy atom. The molecular formula is C9H18ClN5O4. The maximum Gasteiger partial charge on any atom is 0.215 e. The molecule has 0 spiro atoms. The Labute approximate surface area is 115 Å². The Morgan fingerprint density at radius 1 is 1.47 bits per heavy atom. The van der Waals surface area contributed by atoms with Gasteiger partial charge in [0.05, 0.1) is 6.61 Å². The number of hydrogen-bond donors (Lipinski definition) is 5. The molecule has 1 unspecified atom stereocenters. The summed E-state index contributed by atoms with van der Waals surface area (Å²) in [6.45, 7) is -0.414. The molecule has 19 heavy (non-hydrogen) atoms. The Kier molecular flexibility index (Phi) is 6.33. The van der Waals surface area contributed by atoms with Gasteiger partial charge in [0.2, 0.25) is 5.82 Å². The molecule has 10 heteroatoms. The van der Waals surface area contributed by atoms with Crippen molar-refractivity contribution >= 4 is 18.2 Å². The zero-order valence-electron chi connectivity index (χ0n) is 9.17. The number of nitrogen functional groups attached to an aromatic ring is 1. The number of aliphatic hydroxyl groups is 3. The number of hydrogen-bond acceptors (Lipinski definition) is 7. The monoisotopic (exact) mass is 295 g/mol. The first-order valence-electron chi connectivity index (χ1n) is 4.92. The normalized spacial score (nSPS) is 29.4. The van der Waals surface area contributed by atoms with Crippen LogP contribution in [-0.4, -0.2) is 60.8 Å². The average molecular weight is 296 g/mol. The molecule has 0 aromatic carbocycles. The summed E-state index contributed by atoms with van der Waals surface area (Å²) in [5, 5.41) is 39.1. The second-order valence-electron chi connectivity index (χ2n) is 3.69. The topological polar surface area (TPSA) is 150 Å². The van der Waals surface area contributed by atoms with Crippen molar-refractivity contribution in [3.63, 3.8) is 0 Å². The summed E-state index contributed by atoms with van der Waals surface area (Å²) in [4.78, 5) is 3.74. The molecule has 0 bridgehead atoms. The summed E-state index contributed by atoms with van der Waals surface area (Å²) >= 11 is 0. The molecule has 1 aliphatic heterocycles. The van der Waals surface area contributed by atoms with E-state index in [2.05, 4.69) is 10.1 Å². The molecular weight excluding hydrogens is 278 g/mol. The maximum atomic E-state index is 9.70. The molecule has 1 aromatic heterocycles. The van der Waals surface area contributed by atoms with Gasteiger partial charge in [-0.3, -0.25) is 5.41 Å². The lowest BCUT2D eigenvalue weighted by atomic mass is 10.1. The lowest BCUT2D eigenvalue weighted by molar-refractivity contribution is -0.0588. The molecule has 2 heterocycles. The summed E-state index contributed by atoms with van der Waals surface area (Å²) in [5.74, 6) is -0.307. The number of aromatic nitrogens is 3. The number of amidine groups is 1. The predicted molar refractivity (Wildman–Crippen MR) is 68.0 cm³/mol. The summed E-state index contributed by atoms with van der Waals surface area (Å²) < 4.78 is 6.37. The van der Waals surface area contributed by atoms with E-state index in [1.165, 1.54) is 6.33 Å². The quantitative estimate of drug-likeness (QED) is 0.327. The third kappa shape index (κ3) is 3.19. The molecule has 4 atom stereocenters. The van der Waals surface area contributed by atoms with E-state index in [9.17, 15) is 10.2 Å². The second-order valence-corrected chi connectivity index (χ2v) is 3.69. The number of rotatable bonds is 3. The van der Waals surface area contributed by atoms with Crippen LogP contribution in [0.4, 0.5) is 0 Å². The van der Waals surface area contributed by atoms with Crippen LogP contribution in [0.2, 0.25) is 0 Å². The van der Waals surface area contributed by atoms with E-state index in [4.69, 9.17) is 21.0 Å². The van der Waals surface area contributed by atoms with E-state index in [1.807, 2.05) is 0 Å². The average Bonchev–Trinajstić information content (AvgIpc) is 2.87. The van der Waals surface area contributed by atoms with Crippen LogP contribution in [0, 0.1) is 5.41 Å². The van der Waals surface area contributed by atoms with Gasteiger partial charge in [-0.15, -0.1) is 17.5 Å². The molecule has 0 aliphatic carbocycles. The minimum absolute atomic E-state index is 0. The van der Waals surface area contributed by atoms with Gasteiger partial charge in [0.15, 0.2) is 12.1 Å². The van der Waals surface area contributed by atoms with E-state index in [1.54, 1.807) is 0 Å². The van der Waals surface area contributed by atoms with Crippen molar-refractivity contribution in [1.29, 1.82) is 5.41 Å². The van der Waals surface area contributed by atoms with Gasteiger partial charge in [0, 0.05) is 0 Å². The number of ether oxygens (including phenoxy) is 1. The van der Waals surface area contributed by atoms with E-state index in [0.29, 0.717) is 0 Å². The summed E-state index contributed by atoms with van der Waals surface area (Å²) in [7, 11) is 0. The molecule has 1 aliphatic rings. The highest BCUT2D eigenvalue weighted by atomic mass is 35.5. The van der Waals surface area contributed by atoms with Crippen LogP contribution >= 0.6 is 12.4 Å². The molecule has 9 nitrogen and oxygen atoms in total. The Balaban J connectivity index is 0.00000162. The van der Waals surface area contributed by atoms with Gasteiger partial charge in [-0.25, -0.2) is 9.67 Å². The molecule has 1 fully saturated rings. The van der Waals surface area contributed by atoms with Crippen LogP contribution in [0.3, 0.4) is 0 Å². The third-order valence-electron chi connectivity index (χ3n) is 2.53. The standard InChI is InChI=1S/C8H13N5O4.CH4.ClH/c9-6(10)7-11-2-13(12-7)8-5(16)4(15)3(1-14)17-8;;/h2-5,8,14-16H,1H2,(H3,9,10);1H4;1H/t3-,4+,5?,8-;;/m1../s1.